The van der Waals surface area contributed by atoms with Gasteiger partial charge in [-0.15, -0.1) is 0 Å². The highest BCUT2D eigenvalue weighted by molar-refractivity contribution is 6.04. The summed E-state index contributed by atoms with van der Waals surface area (Å²) in [5.41, 5.74) is 7.41. The summed E-state index contributed by atoms with van der Waals surface area (Å²) in [5, 5.41) is 0. The van der Waals surface area contributed by atoms with E-state index in [1.807, 2.05) is 24.6 Å². The number of nitrogens with zero attached hydrogens (tertiary/aromatic N) is 2. The monoisotopic (exact) mass is 189 g/mol. The Kier molecular flexibility index (Phi) is 1.77. The van der Waals surface area contributed by atoms with Gasteiger partial charge >= 0.3 is 0 Å². The predicted octanol–water partition coefficient (Wildman–Crippen LogP) is 0.981. The maximum Gasteiger partial charge on any atom is 0.250 e. The molecule has 14 heavy (non-hydrogen) atoms. The van der Waals surface area contributed by atoms with E-state index < -0.39 is 5.91 Å². The van der Waals surface area contributed by atoms with Gasteiger partial charge in [0, 0.05) is 7.05 Å². The zero-order chi connectivity index (χ0) is 10.3. The number of hydrogen-bond donors (Lipinski definition) is 1. The largest absolute Gasteiger partial charge is 0.366 e. The van der Waals surface area contributed by atoms with Gasteiger partial charge in [-0.1, -0.05) is 6.07 Å². The van der Waals surface area contributed by atoms with Crippen LogP contribution in [0.3, 0.4) is 0 Å². The van der Waals surface area contributed by atoms with Gasteiger partial charge in [-0.3, -0.25) is 4.79 Å². The quantitative estimate of drug-likeness (QED) is 0.726. The highest BCUT2D eigenvalue weighted by atomic mass is 16.1. The van der Waals surface area contributed by atoms with Crippen molar-refractivity contribution in [3.8, 4) is 0 Å². The van der Waals surface area contributed by atoms with E-state index in [1.54, 1.807) is 12.1 Å². The number of imidazole rings is 1. The van der Waals surface area contributed by atoms with E-state index in [2.05, 4.69) is 4.98 Å². The van der Waals surface area contributed by atoms with Crippen LogP contribution in [0.2, 0.25) is 0 Å². The zero-order valence-corrected chi connectivity index (χ0v) is 8.11. The summed E-state index contributed by atoms with van der Waals surface area (Å²) in [6, 6.07) is 5.37. The topological polar surface area (TPSA) is 60.9 Å². The third-order valence-corrected chi connectivity index (χ3v) is 2.38. The molecule has 1 aromatic heterocycles. The fourth-order valence-corrected chi connectivity index (χ4v) is 1.58. The second-order valence-electron chi connectivity index (χ2n) is 3.26. The molecule has 1 heterocycles. The van der Waals surface area contributed by atoms with Crippen molar-refractivity contribution in [2.24, 2.45) is 12.8 Å². The number of hydrogen-bond acceptors (Lipinski definition) is 2. The van der Waals surface area contributed by atoms with E-state index in [0.717, 1.165) is 16.9 Å². The number of aryl methyl sites for hydroxylation is 2. The number of rotatable bonds is 1. The van der Waals surface area contributed by atoms with E-state index in [4.69, 9.17) is 5.73 Å². The average molecular weight is 189 g/mol. The molecule has 2 N–H and O–H groups in total. The number of para-hydroxylation sites is 1. The van der Waals surface area contributed by atoms with E-state index in [0.29, 0.717) is 5.56 Å². The smallest absolute Gasteiger partial charge is 0.250 e. The molecule has 0 radical (unpaired) electrons. The molecule has 0 saturated heterocycles. The number of carbonyl (C=O) groups is 1. The minimum Gasteiger partial charge on any atom is -0.366 e. The van der Waals surface area contributed by atoms with Crippen LogP contribution < -0.4 is 5.73 Å². The zero-order valence-electron chi connectivity index (χ0n) is 8.11. The first-order valence-corrected chi connectivity index (χ1v) is 4.33. The van der Waals surface area contributed by atoms with Crippen molar-refractivity contribution in [1.29, 1.82) is 0 Å². The van der Waals surface area contributed by atoms with Crippen molar-refractivity contribution in [2.75, 3.05) is 0 Å². The summed E-state index contributed by atoms with van der Waals surface area (Å²) in [6.45, 7) is 1.89. The average Bonchev–Trinajstić information content (AvgIpc) is 2.43. The Morgan fingerprint density at radius 3 is 2.86 bits per heavy atom. The molecule has 4 heteroatoms. The molecule has 0 fully saturated rings. The van der Waals surface area contributed by atoms with E-state index in [-0.39, 0.29) is 0 Å². The molecule has 0 bridgehead atoms. The van der Waals surface area contributed by atoms with Gasteiger partial charge < -0.3 is 10.3 Å². The van der Waals surface area contributed by atoms with Crippen LogP contribution in [0.5, 0.6) is 0 Å². The minimum atomic E-state index is -0.418. The van der Waals surface area contributed by atoms with Crippen molar-refractivity contribution in [2.45, 2.75) is 6.92 Å². The molecule has 0 atom stereocenters. The van der Waals surface area contributed by atoms with Crippen LogP contribution in [-0.4, -0.2) is 15.5 Å². The van der Waals surface area contributed by atoms with Gasteiger partial charge in [-0.05, 0) is 19.1 Å². The molecule has 4 nitrogen and oxygen atoms in total. The lowest BCUT2D eigenvalue weighted by Crippen LogP contribution is -2.12. The lowest BCUT2D eigenvalue weighted by Gasteiger charge is -2.01. The van der Waals surface area contributed by atoms with Crippen LogP contribution in [0.1, 0.15) is 16.2 Å². The van der Waals surface area contributed by atoms with Gasteiger partial charge in [-0.2, -0.15) is 0 Å². The fraction of sp³-hybridized carbons (Fsp3) is 0.200. The van der Waals surface area contributed by atoms with Crippen LogP contribution in [0.15, 0.2) is 18.2 Å². The van der Waals surface area contributed by atoms with E-state index >= 15 is 0 Å². The van der Waals surface area contributed by atoms with Crippen molar-refractivity contribution in [3.05, 3.63) is 29.6 Å². The second kappa shape index (κ2) is 2.83. The van der Waals surface area contributed by atoms with Crippen molar-refractivity contribution in [1.82, 2.24) is 9.55 Å². The van der Waals surface area contributed by atoms with Gasteiger partial charge in [0.2, 0.25) is 0 Å². The lowest BCUT2D eigenvalue weighted by molar-refractivity contribution is 0.100. The van der Waals surface area contributed by atoms with Gasteiger partial charge in [0.25, 0.3) is 5.91 Å². The van der Waals surface area contributed by atoms with E-state index in [1.165, 1.54) is 0 Å². The first kappa shape index (κ1) is 8.74. The lowest BCUT2D eigenvalue weighted by atomic mass is 10.2. The molecule has 72 valence electrons. The molecule has 0 spiro atoms. The van der Waals surface area contributed by atoms with Gasteiger partial charge in [0.1, 0.15) is 5.82 Å². The molecular formula is C10H11N3O. The Labute approximate surface area is 81.3 Å². The normalized spacial score (nSPS) is 10.7. The third-order valence-electron chi connectivity index (χ3n) is 2.38. The summed E-state index contributed by atoms with van der Waals surface area (Å²) in [6.07, 6.45) is 0. The first-order valence-electron chi connectivity index (χ1n) is 4.33. The molecule has 2 aromatic rings. The summed E-state index contributed by atoms with van der Waals surface area (Å²) in [5.74, 6) is 0.451. The molecule has 1 amide bonds. The minimum absolute atomic E-state index is 0.418. The fourth-order valence-electron chi connectivity index (χ4n) is 1.58. The number of carbonyl (C=O) groups excluding carboxylic acids is 1. The Bertz CT molecular complexity index is 513. The highest BCUT2D eigenvalue weighted by Crippen LogP contribution is 2.18. The maximum atomic E-state index is 11.2. The van der Waals surface area contributed by atoms with Crippen LogP contribution in [0, 0.1) is 6.92 Å². The van der Waals surface area contributed by atoms with Crippen LogP contribution in [0.25, 0.3) is 11.0 Å². The van der Waals surface area contributed by atoms with Crippen molar-refractivity contribution in [3.63, 3.8) is 0 Å². The second-order valence-corrected chi connectivity index (χ2v) is 3.26. The number of amides is 1. The van der Waals surface area contributed by atoms with Crippen LogP contribution >= 0.6 is 0 Å². The molecule has 2 rings (SSSR count). The molecule has 0 saturated carbocycles. The van der Waals surface area contributed by atoms with Crippen molar-refractivity contribution >= 4 is 16.9 Å². The molecule has 0 aliphatic carbocycles. The Morgan fingerprint density at radius 2 is 2.21 bits per heavy atom. The van der Waals surface area contributed by atoms with Crippen LogP contribution in [0.4, 0.5) is 0 Å². The van der Waals surface area contributed by atoms with Crippen molar-refractivity contribution < 1.29 is 4.79 Å². The maximum absolute atomic E-state index is 11.2. The number of aromatic nitrogens is 2. The van der Waals surface area contributed by atoms with Gasteiger partial charge in [0.05, 0.1) is 16.6 Å². The molecule has 0 unspecified atom stereocenters. The van der Waals surface area contributed by atoms with Gasteiger partial charge in [0.15, 0.2) is 0 Å². The summed E-state index contributed by atoms with van der Waals surface area (Å²) in [7, 11) is 1.87. The number of benzene rings is 1. The third kappa shape index (κ3) is 1.08. The predicted molar refractivity (Wildman–Crippen MR) is 54.0 cm³/mol. The van der Waals surface area contributed by atoms with Gasteiger partial charge in [-0.25, -0.2) is 4.98 Å². The first-order chi connectivity index (χ1) is 6.61. The number of fused-ring (bicyclic) bond motifs is 1. The Balaban J connectivity index is 2.91. The Hall–Kier alpha value is -1.84. The SMILES string of the molecule is Cc1nc2cccc(C(N)=O)c2n1C. The molecule has 0 aliphatic rings. The summed E-state index contributed by atoms with van der Waals surface area (Å²) >= 11 is 0. The Morgan fingerprint density at radius 1 is 1.50 bits per heavy atom. The number of primary amides is 1. The number of nitrogens with two attached hydrogens (primary N) is 1. The summed E-state index contributed by atoms with van der Waals surface area (Å²) < 4.78 is 1.87. The molecular weight excluding hydrogens is 178 g/mol. The molecule has 0 aliphatic heterocycles. The van der Waals surface area contributed by atoms with Crippen LogP contribution in [-0.2, 0) is 7.05 Å². The molecule has 1 aromatic carbocycles. The highest BCUT2D eigenvalue weighted by Gasteiger charge is 2.11. The standard InChI is InChI=1S/C10H11N3O/c1-6-12-8-5-3-4-7(10(11)14)9(8)13(6)2/h3-5H,1-2H3,(H2,11,14). The summed E-state index contributed by atoms with van der Waals surface area (Å²) in [4.78, 5) is 15.5. The van der Waals surface area contributed by atoms with E-state index in [9.17, 15) is 4.79 Å².